The number of para-hydroxylation sites is 1. The lowest BCUT2D eigenvalue weighted by Gasteiger charge is -2.19. The van der Waals surface area contributed by atoms with Gasteiger partial charge in [0.25, 0.3) is 0 Å². The molecule has 0 spiro atoms. The Kier molecular flexibility index (Phi) is 5.68. The van der Waals surface area contributed by atoms with Gasteiger partial charge in [0.05, 0.1) is 6.54 Å². The molecule has 1 N–H and O–H groups in total. The molecule has 1 aromatic carbocycles. The number of alkyl halides is 2. The van der Waals surface area contributed by atoms with Gasteiger partial charge in [0.2, 0.25) is 0 Å². The van der Waals surface area contributed by atoms with Gasteiger partial charge in [0.15, 0.2) is 0 Å². The fourth-order valence-electron chi connectivity index (χ4n) is 2.11. The smallest absolute Gasteiger partial charge is 0.319 e. The largest absolute Gasteiger partial charge is 0.375 e. The summed E-state index contributed by atoms with van der Waals surface area (Å²) in [5.74, 6) is 0.362. The van der Waals surface area contributed by atoms with Crippen LogP contribution in [0.15, 0.2) is 42.7 Å². The molecule has 0 unspecified atom stereocenters. The van der Waals surface area contributed by atoms with Gasteiger partial charge in [0.1, 0.15) is 5.82 Å². The van der Waals surface area contributed by atoms with E-state index in [4.69, 9.17) is 0 Å². The van der Waals surface area contributed by atoms with Crippen LogP contribution in [-0.4, -0.2) is 29.7 Å². The van der Waals surface area contributed by atoms with Crippen molar-refractivity contribution >= 4 is 5.69 Å². The van der Waals surface area contributed by atoms with Crippen LogP contribution in [-0.2, 0) is 6.54 Å². The third-order valence-electron chi connectivity index (χ3n) is 3.29. The van der Waals surface area contributed by atoms with Gasteiger partial charge in [-0.05, 0) is 25.1 Å². The van der Waals surface area contributed by atoms with E-state index < -0.39 is 6.55 Å². The van der Waals surface area contributed by atoms with E-state index in [-0.39, 0.29) is 0 Å². The lowest BCUT2D eigenvalue weighted by molar-refractivity contribution is 0.0666. The van der Waals surface area contributed by atoms with Gasteiger partial charge < -0.3 is 10.2 Å². The first-order valence-electron chi connectivity index (χ1n) is 6.95. The van der Waals surface area contributed by atoms with Gasteiger partial charge in [-0.3, -0.25) is 4.57 Å². The monoisotopic (exact) mass is 294 g/mol. The van der Waals surface area contributed by atoms with Crippen molar-refractivity contribution in [2.45, 2.75) is 19.5 Å². The molecule has 21 heavy (non-hydrogen) atoms. The fourth-order valence-corrected chi connectivity index (χ4v) is 2.11. The number of hydrogen-bond donors (Lipinski definition) is 1. The van der Waals surface area contributed by atoms with Gasteiger partial charge in [-0.15, -0.1) is 0 Å². The van der Waals surface area contributed by atoms with E-state index in [0.717, 1.165) is 24.1 Å². The molecule has 0 saturated carbocycles. The highest BCUT2D eigenvalue weighted by Gasteiger charge is 2.10. The lowest BCUT2D eigenvalue weighted by Crippen LogP contribution is -2.24. The van der Waals surface area contributed by atoms with Crippen molar-refractivity contribution in [3.63, 3.8) is 0 Å². The summed E-state index contributed by atoms with van der Waals surface area (Å²) in [4.78, 5) is 6.10. The number of rotatable bonds is 8. The molecule has 0 saturated heterocycles. The second-order valence-corrected chi connectivity index (χ2v) is 4.82. The Labute approximate surface area is 123 Å². The minimum Gasteiger partial charge on any atom is -0.375 e. The molecule has 0 aliphatic heterocycles. The van der Waals surface area contributed by atoms with Gasteiger partial charge in [0, 0.05) is 31.7 Å². The van der Waals surface area contributed by atoms with Crippen LogP contribution in [0.5, 0.6) is 0 Å². The Balaban J connectivity index is 1.67. The van der Waals surface area contributed by atoms with E-state index >= 15 is 0 Å². The summed E-state index contributed by atoms with van der Waals surface area (Å²) in [6.45, 7) is -0.520. The zero-order valence-corrected chi connectivity index (χ0v) is 12.0. The molecule has 1 aromatic heterocycles. The van der Waals surface area contributed by atoms with Gasteiger partial charge in [-0.25, -0.2) is 4.98 Å². The number of benzene rings is 1. The first kappa shape index (κ1) is 15.4. The number of aromatic nitrogens is 2. The molecule has 0 fully saturated rings. The molecule has 0 aliphatic rings. The number of nitrogens with one attached hydrogen (secondary N) is 1. The number of halogens is 2. The Morgan fingerprint density at radius 1 is 1.29 bits per heavy atom. The Hall–Kier alpha value is -1.95. The Morgan fingerprint density at radius 2 is 2.05 bits per heavy atom. The molecule has 0 amide bonds. The van der Waals surface area contributed by atoms with Gasteiger partial charge >= 0.3 is 6.55 Å². The zero-order valence-electron chi connectivity index (χ0n) is 12.0. The minimum absolute atomic E-state index is 0.354. The summed E-state index contributed by atoms with van der Waals surface area (Å²) in [6, 6.07) is 10.1. The molecule has 114 valence electrons. The molecule has 4 nitrogen and oxygen atoms in total. The predicted octanol–water partition coefficient (Wildman–Crippen LogP) is 2.89. The molecular formula is C15H20F2N4. The van der Waals surface area contributed by atoms with E-state index in [1.807, 2.05) is 25.2 Å². The summed E-state index contributed by atoms with van der Waals surface area (Å²) >= 11 is 0. The van der Waals surface area contributed by atoms with Crippen LogP contribution in [0.3, 0.4) is 0 Å². The molecule has 2 rings (SSSR count). The van der Waals surface area contributed by atoms with Crippen LogP contribution in [0.2, 0.25) is 0 Å². The van der Waals surface area contributed by atoms with Crippen LogP contribution in [0, 0.1) is 0 Å². The predicted molar refractivity (Wildman–Crippen MR) is 79.5 cm³/mol. The Bertz CT molecular complexity index is 527. The molecular weight excluding hydrogens is 274 g/mol. The van der Waals surface area contributed by atoms with E-state index in [1.165, 1.54) is 18.1 Å². The first-order valence-corrected chi connectivity index (χ1v) is 6.95. The van der Waals surface area contributed by atoms with Crippen molar-refractivity contribution in [3.05, 3.63) is 48.5 Å². The molecule has 0 bridgehead atoms. The van der Waals surface area contributed by atoms with Crippen LogP contribution >= 0.6 is 0 Å². The van der Waals surface area contributed by atoms with Crippen molar-refractivity contribution in [2.24, 2.45) is 0 Å². The number of nitrogens with zero attached hydrogens (tertiary/aromatic N) is 3. The average Bonchev–Trinajstić information content (AvgIpc) is 2.96. The van der Waals surface area contributed by atoms with Crippen molar-refractivity contribution in [3.8, 4) is 0 Å². The van der Waals surface area contributed by atoms with Crippen molar-refractivity contribution in [2.75, 3.05) is 25.0 Å². The van der Waals surface area contributed by atoms with E-state index in [9.17, 15) is 8.78 Å². The number of anilines is 1. The first-order chi connectivity index (χ1) is 10.2. The van der Waals surface area contributed by atoms with Crippen molar-refractivity contribution in [1.82, 2.24) is 14.9 Å². The molecule has 1 heterocycles. The van der Waals surface area contributed by atoms with Gasteiger partial charge in [-0.2, -0.15) is 8.78 Å². The highest BCUT2D eigenvalue weighted by atomic mass is 19.3. The fraction of sp³-hybridized carbons (Fsp3) is 0.400. The Morgan fingerprint density at radius 3 is 2.76 bits per heavy atom. The molecule has 0 aliphatic carbocycles. The second kappa shape index (κ2) is 7.73. The highest BCUT2D eigenvalue weighted by Crippen LogP contribution is 2.12. The summed E-state index contributed by atoms with van der Waals surface area (Å²) in [5.41, 5.74) is 1.17. The molecule has 6 heteroatoms. The molecule has 2 aromatic rings. The van der Waals surface area contributed by atoms with Crippen LogP contribution in [0.1, 0.15) is 18.8 Å². The normalized spacial score (nSPS) is 11.0. The minimum atomic E-state index is -2.53. The number of hydrogen-bond acceptors (Lipinski definition) is 3. The van der Waals surface area contributed by atoms with Crippen LogP contribution in [0.4, 0.5) is 14.5 Å². The van der Waals surface area contributed by atoms with Crippen LogP contribution < -0.4 is 10.2 Å². The third-order valence-corrected chi connectivity index (χ3v) is 3.29. The molecule has 0 atom stereocenters. The highest BCUT2D eigenvalue weighted by molar-refractivity contribution is 5.44. The maximum Gasteiger partial charge on any atom is 0.319 e. The topological polar surface area (TPSA) is 33.1 Å². The average molecular weight is 294 g/mol. The van der Waals surface area contributed by atoms with E-state index in [0.29, 0.717) is 12.4 Å². The zero-order chi connectivity index (χ0) is 15.1. The van der Waals surface area contributed by atoms with Crippen molar-refractivity contribution in [1.29, 1.82) is 0 Å². The van der Waals surface area contributed by atoms with E-state index in [2.05, 4.69) is 27.3 Å². The second-order valence-electron chi connectivity index (χ2n) is 4.82. The maximum absolute atomic E-state index is 12.6. The summed E-state index contributed by atoms with van der Waals surface area (Å²) in [7, 11) is 2.04. The summed E-state index contributed by atoms with van der Waals surface area (Å²) in [5, 5.41) is 3.15. The standard InChI is InChI=1S/C15H20F2N4/c1-20(13-6-3-2-4-7-13)10-5-8-18-12-14-19-9-11-21(14)15(16)17/h2-4,6-7,9,11,15,18H,5,8,10,12H2,1H3. The molecule has 0 radical (unpaired) electrons. The quantitative estimate of drug-likeness (QED) is 0.760. The summed E-state index contributed by atoms with van der Waals surface area (Å²) in [6.07, 6.45) is 3.62. The maximum atomic E-state index is 12.6. The number of imidazole rings is 1. The SMILES string of the molecule is CN(CCCNCc1nccn1C(F)F)c1ccccc1. The van der Waals surface area contributed by atoms with E-state index in [1.54, 1.807) is 0 Å². The third kappa shape index (κ3) is 4.53. The lowest BCUT2D eigenvalue weighted by atomic mass is 10.3. The van der Waals surface area contributed by atoms with Crippen molar-refractivity contribution < 1.29 is 8.78 Å². The summed E-state index contributed by atoms with van der Waals surface area (Å²) < 4.78 is 26.1. The van der Waals surface area contributed by atoms with Gasteiger partial charge in [-0.1, -0.05) is 18.2 Å². The van der Waals surface area contributed by atoms with Crippen LogP contribution in [0.25, 0.3) is 0 Å².